The number of amides is 1. The Labute approximate surface area is 163 Å². The van der Waals surface area contributed by atoms with Crippen molar-refractivity contribution in [1.82, 2.24) is 10.2 Å². The molecule has 0 spiro atoms. The molecule has 6 heteroatoms. The largest absolute Gasteiger partial charge is 0.497 e. The lowest BCUT2D eigenvalue weighted by atomic mass is 10.0. The number of carbonyl (C=O) groups excluding carboxylic acids is 1. The number of benzene rings is 2. The summed E-state index contributed by atoms with van der Waals surface area (Å²) in [5, 5.41) is 10.0. The molecule has 3 aromatic rings. The number of hydrogen-bond acceptors (Lipinski definition) is 4. The van der Waals surface area contributed by atoms with Gasteiger partial charge in [-0.2, -0.15) is 5.10 Å². The fourth-order valence-corrected chi connectivity index (χ4v) is 3.22. The molecule has 1 amide bonds. The van der Waals surface area contributed by atoms with Gasteiger partial charge in [0.2, 0.25) is 5.91 Å². The van der Waals surface area contributed by atoms with E-state index >= 15 is 0 Å². The van der Waals surface area contributed by atoms with E-state index in [0.717, 1.165) is 33.9 Å². The number of nitrogens with zero attached hydrogens (tertiary/aromatic N) is 1. The number of hydrogen-bond donors (Lipinski definition) is 2. The summed E-state index contributed by atoms with van der Waals surface area (Å²) in [4.78, 5) is 12.3. The fourth-order valence-electron chi connectivity index (χ4n) is 3.22. The van der Waals surface area contributed by atoms with Crippen LogP contribution < -0.4 is 14.8 Å². The van der Waals surface area contributed by atoms with Crippen molar-refractivity contribution >= 4 is 11.7 Å². The van der Waals surface area contributed by atoms with Crippen LogP contribution in [0.25, 0.3) is 11.1 Å². The first kappa shape index (κ1) is 18.1. The van der Waals surface area contributed by atoms with Gasteiger partial charge >= 0.3 is 0 Å². The monoisotopic (exact) mass is 377 g/mol. The molecule has 1 aromatic heterocycles. The minimum absolute atomic E-state index is 0.0828. The van der Waals surface area contributed by atoms with E-state index in [4.69, 9.17) is 9.47 Å². The van der Waals surface area contributed by atoms with E-state index in [9.17, 15) is 4.79 Å². The third kappa shape index (κ3) is 4.01. The summed E-state index contributed by atoms with van der Waals surface area (Å²) in [6.45, 7) is 0. The van der Waals surface area contributed by atoms with E-state index in [2.05, 4.69) is 15.5 Å². The first-order chi connectivity index (χ1) is 13.7. The Balaban J connectivity index is 1.43. The molecule has 1 heterocycles. The molecule has 28 heavy (non-hydrogen) atoms. The van der Waals surface area contributed by atoms with Gasteiger partial charge in [-0.25, -0.2) is 0 Å². The summed E-state index contributed by atoms with van der Waals surface area (Å²) in [6, 6.07) is 15.5. The highest BCUT2D eigenvalue weighted by molar-refractivity contribution is 5.91. The third-order valence-corrected chi connectivity index (χ3v) is 4.92. The third-order valence-electron chi connectivity index (χ3n) is 4.92. The van der Waals surface area contributed by atoms with E-state index in [0.29, 0.717) is 18.2 Å². The zero-order chi connectivity index (χ0) is 19.5. The molecule has 0 radical (unpaired) electrons. The number of rotatable bonds is 7. The van der Waals surface area contributed by atoms with Gasteiger partial charge in [0.15, 0.2) is 5.82 Å². The van der Waals surface area contributed by atoms with Gasteiger partial charge in [0, 0.05) is 23.2 Å². The molecule has 0 saturated heterocycles. The van der Waals surface area contributed by atoms with Crippen LogP contribution in [-0.4, -0.2) is 30.3 Å². The average Bonchev–Trinajstić information content (AvgIpc) is 3.47. The predicted octanol–water partition coefficient (Wildman–Crippen LogP) is 4.15. The van der Waals surface area contributed by atoms with Gasteiger partial charge in [-0.1, -0.05) is 24.3 Å². The van der Waals surface area contributed by atoms with Gasteiger partial charge in [-0.05, 0) is 42.2 Å². The molecule has 1 fully saturated rings. The maximum absolute atomic E-state index is 12.3. The van der Waals surface area contributed by atoms with Crippen LogP contribution in [0.2, 0.25) is 0 Å². The zero-order valence-electron chi connectivity index (χ0n) is 16.0. The van der Waals surface area contributed by atoms with Crippen LogP contribution in [0.3, 0.4) is 0 Å². The van der Waals surface area contributed by atoms with Crippen molar-refractivity contribution in [2.75, 3.05) is 19.5 Å². The van der Waals surface area contributed by atoms with Crippen molar-refractivity contribution in [2.24, 2.45) is 0 Å². The van der Waals surface area contributed by atoms with Crippen LogP contribution in [0.5, 0.6) is 11.5 Å². The molecule has 0 unspecified atom stereocenters. The van der Waals surface area contributed by atoms with Gasteiger partial charge in [0.25, 0.3) is 0 Å². The van der Waals surface area contributed by atoms with Gasteiger partial charge in [-0.3, -0.25) is 9.89 Å². The number of aromatic amines is 1. The SMILES string of the molecule is COc1ccc(OC)c(-c2ccc(CC(=O)Nc3cc(C4CC4)[nH]n3)cc2)c1. The van der Waals surface area contributed by atoms with Gasteiger partial charge in [-0.15, -0.1) is 0 Å². The first-order valence-electron chi connectivity index (χ1n) is 9.33. The second-order valence-corrected chi connectivity index (χ2v) is 6.97. The Bertz CT molecular complexity index is 975. The number of nitrogens with one attached hydrogen (secondary N) is 2. The van der Waals surface area contributed by atoms with Gasteiger partial charge in [0.05, 0.1) is 20.6 Å². The smallest absolute Gasteiger partial charge is 0.229 e. The number of methoxy groups -OCH3 is 2. The summed E-state index contributed by atoms with van der Waals surface area (Å²) in [6.07, 6.45) is 2.68. The zero-order valence-corrected chi connectivity index (χ0v) is 16.0. The molecule has 0 bridgehead atoms. The number of H-pyrrole nitrogens is 1. The minimum Gasteiger partial charge on any atom is -0.497 e. The van der Waals surface area contributed by atoms with E-state index in [-0.39, 0.29) is 5.91 Å². The van der Waals surface area contributed by atoms with Crippen molar-refractivity contribution in [3.05, 3.63) is 59.8 Å². The Morgan fingerprint density at radius 3 is 2.57 bits per heavy atom. The highest BCUT2D eigenvalue weighted by Crippen LogP contribution is 2.39. The van der Waals surface area contributed by atoms with Crippen LogP contribution in [-0.2, 0) is 11.2 Å². The van der Waals surface area contributed by atoms with Crippen LogP contribution in [0.1, 0.15) is 30.0 Å². The maximum atomic E-state index is 12.3. The van der Waals surface area contributed by atoms with Crippen LogP contribution in [0.4, 0.5) is 5.82 Å². The van der Waals surface area contributed by atoms with Crippen molar-refractivity contribution in [1.29, 1.82) is 0 Å². The molecular formula is C22H23N3O3. The highest BCUT2D eigenvalue weighted by atomic mass is 16.5. The fraction of sp³-hybridized carbons (Fsp3) is 0.273. The highest BCUT2D eigenvalue weighted by Gasteiger charge is 2.25. The molecular weight excluding hydrogens is 354 g/mol. The summed E-state index contributed by atoms with van der Waals surface area (Å²) in [5.41, 5.74) is 3.98. The number of anilines is 1. The van der Waals surface area contributed by atoms with Crippen LogP contribution in [0, 0.1) is 0 Å². The van der Waals surface area contributed by atoms with Crippen LogP contribution in [0.15, 0.2) is 48.5 Å². The van der Waals surface area contributed by atoms with E-state index < -0.39 is 0 Å². The molecule has 1 aliphatic carbocycles. The Kier molecular flexibility index (Phi) is 5.02. The Morgan fingerprint density at radius 1 is 1.11 bits per heavy atom. The summed E-state index contributed by atoms with van der Waals surface area (Å²) in [5.74, 6) is 2.63. The van der Waals surface area contributed by atoms with Crippen LogP contribution >= 0.6 is 0 Å². The average molecular weight is 377 g/mol. The van der Waals surface area contributed by atoms with Crippen molar-refractivity contribution in [3.63, 3.8) is 0 Å². The van der Waals surface area contributed by atoms with E-state index in [1.807, 2.05) is 48.5 Å². The predicted molar refractivity (Wildman–Crippen MR) is 108 cm³/mol. The normalized spacial score (nSPS) is 13.2. The van der Waals surface area contributed by atoms with Gasteiger partial charge in [0.1, 0.15) is 11.5 Å². The molecule has 2 N–H and O–H groups in total. The minimum atomic E-state index is -0.0828. The molecule has 6 nitrogen and oxygen atoms in total. The molecule has 4 rings (SSSR count). The molecule has 0 atom stereocenters. The molecule has 2 aromatic carbocycles. The maximum Gasteiger partial charge on any atom is 0.229 e. The van der Waals surface area contributed by atoms with Gasteiger partial charge < -0.3 is 14.8 Å². The van der Waals surface area contributed by atoms with Crippen molar-refractivity contribution in [2.45, 2.75) is 25.2 Å². The van der Waals surface area contributed by atoms with Crippen molar-refractivity contribution < 1.29 is 14.3 Å². The lowest BCUT2D eigenvalue weighted by Crippen LogP contribution is -2.14. The molecule has 1 saturated carbocycles. The number of ether oxygens (including phenoxy) is 2. The quantitative estimate of drug-likeness (QED) is 0.648. The first-order valence-corrected chi connectivity index (χ1v) is 9.33. The van der Waals surface area contributed by atoms with E-state index in [1.54, 1.807) is 14.2 Å². The molecule has 1 aliphatic rings. The lowest BCUT2D eigenvalue weighted by Gasteiger charge is -2.11. The summed E-state index contributed by atoms with van der Waals surface area (Å²) >= 11 is 0. The summed E-state index contributed by atoms with van der Waals surface area (Å²) in [7, 11) is 3.29. The Hall–Kier alpha value is -3.28. The second-order valence-electron chi connectivity index (χ2n) is 6.97. The van der Waals surface area contributed by atoms with E-state index in [1.165, 1.54) is 12.8 Å². The molecule has 0 aliphatic heterocycles. The molecule has 144 valence electrons. The van der Waals surface area contributed by atoms with Crippen molar-refractivity contribution in [3.8, 4) is 22.6 Å². The lowest BCUT2D eigenvalue weighted by molar-refractivity contribution is -0.115. The topological polar surface area (TPSA) is 76.2 Å². The number of aromatic nitrogens is 2. The second kappa shape index (κ2) is 7.76. The summed E-state index contributed by atoms with van der Waals surface area (Å²) < 4.78 is 10.8. The Morgan fingerprint density at radius 2 is 1.89 bits per heavy atom. The standard InChI is InChI=1S/C22H23N3O3/c1-27-17-9-10-20(28-2)18(12-17)15-5-3-14(4-6-15)11-22(26)23-21-13-19(24-25-21)16-7-8-16/h3-6,9-10,12-13,16H,7-8,11H2,1-2H3,(H2,23,24,25,26). The number of carbonyl (C=O) groups is 1.